The normalized spacial score (nSPS) is 27.2. The molecule has 7 nitrogen and oxygen atoms in total. The van der Waals surface area contributed by atoms with E-state index in [1.54, 1.807) is 13.0 Å². The standard InChI is InChI=1S/C31H36ClN3O4/c1-30(2,3)35(29(38)39)20-24-19-33(15-16-34(24)26-13-14-31(4,28(36)37)17-27(26)35)18-22-7-5-6-8-25(22)21-9-11-23(32)12-10-21/h5-13,17,24H,14-16,18-20H2,1-4H3,(H-,36,37,38,39)/p+1. The highest BCUT2D eigenvalue weighted by Gasteiger charge is 2.60. The van der Waals surface area contributed by atoms with Crippen LogP contribution < -0.4 is 0 Å². The topological polar surface area (TPSA) is 81.1 Å². The number of hydrogen-bond donors (Lipinski definition) is 2. The Kier molecular flexibility index (Phi) is 6.90. The van der Waals surface area contributed by atoms with E-state index in [0.717, 1.165) is 37.4 Å². The number of rotatable bonds is 4. The number of carboxylic acid groups (broad SMARTS) is 2. The summed E-state index contributed by atoms with van der Waals surface area (Å²) < 4.78 is -0.294. The first-order valence-electron chi connectivity index (χ1n) is 13.5. The fraction of sp³-hybridized carbons (Fsp3) is 0.419. The Labute approximate surface area is 235 Å². The fourth-order valence-electron chi connectivity index (χ4n) is 6.43. The second-order valence-electron chi connectivity index (χ2n) is 12.2. The number of hydrogen-bond acceptors (Lipinski definition) is 4. The average molecular weight is 551 g/mol. The first kappa shape index (κ1) is 27.4. The molecule has 2 aromatic carbocycles. The van der Waals surface area contributed by atoms with Crippen LogP contribution in [0.3, 0.4) is 0 Å². The molecule has 0 spiro atoms. The molecule has 3 unspecified atom stereocenters. The Morgan fingerprint density at radius 2 is 1.77 bits per heavy atom. The number of aliphatic carboxylic acids is 1. The van der Waals surface area contributed by atoms with Crippen LogP contribution >= 0.6 is 11.6 Å². The third-order valence-electron chi connectivity index (χ3n) is 8.74. The lowest BCUT2D eigenvalue weighted by Crippen LogP contribution is -2.73. The van der Waals surface area contributed by atoms with E-state index in [0.29, 0.717) is 23.7 Å². The Bertz CT molecular complexity index is 1360. The van der Waals surface area contributed by atoms with E-state index in [2.05, 4.69) is 28.0 Å². The van der Waals surface area contributed by atoms with Crippen molar-refractivity contribution in [2.45, 2.75) is 52.2 Å². The average Bonchev–Trinajstić information content (AvgIpc) is 2.88. The minimum absolute atomic E-state index is 0.0191. The smallest absolute Gasteiger partial charge is 0.481 e. The van der Waals surface area contributed by atoms with E-state index < -0.39 is 23.0 Å². The summed E-state index contributed by atoms with van der Waals surface area (Å²) in [6.45, 7) is 10.9. The SMILES string of the molecule is CC1(C(=O)O)C=C2C(=CC1)N1CCN(Cc3ccccc3-c3ccc(Cl)cc3)CC1C[N+]2(C(=O)O)C(C)(C)C. The van der Waals surface area contributed by atoms with Crippen molar-refractivity contribution >= 4 is 23.7 Å². The summed E-state index contributed by atoms with van der Waals surface area (Å²) in [5.74, 6) is -0.936. The van der Waals surface area contributed by atoms with Crippen LogP contribution in [0.15, 0.2) is 72.1 Å². The summed E-state index contributed by atoms with van der Waals surface area (Å²) in [4.78, 5) is 30.0. The molecule has 2 heterocycles. The number of allylic oxidation sites excluding steroid dienone is 1. The molecule has 2 aliphatic heterocycles. The van der Waals surface area contributed by atoms with Gasteiger partial charge in [0.05, 0.1) is 17.2 Å². The summed E-state index contributed by atoms with van der Waals surface area (Å²) in [7, 11) is 0. The summed E-state index contributed by atoms with van der Waals surface area (Å²) in [6, 6.07) is 16.3. The van der Waals surface area contributed by atoms with E-state index in [1.165, 1.54) is 11.1 Å². The van der Waals surface area contributed by atoms with Crippen molar-refractivity contribution in [3.05, 3.63) is 82.7 Å². The van der Waals surface area contributed by atoms with E-state index >= 15 is 0 Å². The lowest BCUT2D eigenvalue weighted by Gasteiger charge is -2.57. The molecule has 1 amide bonds. The van der Waals surface area contributed by atoms with Crippen LogP contribution in [0.5, 0.6) is 0 Å². The molecule has 8 heteroatoms. The molecule has 206 valence electrons. The van der Waals surface area contributed by atoms with Gasteiger partial charge in [-0.2, -0.15) is 9.28 Å². The molecule has 5 rings (SSSR count). The van der Waals surface area contributed by atoms with Crippen LogP contribution in [0.4, 0.5) is 4.79 Å². The number of amides is 1. The van der Waals surface area contributed by atoms with Crippen molar-refractivity contribution in [3.63, 3.8) is 0 Å². The summed E-state index contributed by atoms with van der Waals surface area (Å²) in [5, 5.41) is 21.4. The van der Waals surface area contributed by atoms with Crippen molar-refractivity contribution < 1.29 is 24.3 Å². The molecular weight excluding hydrogens is 514 g/mol. The molecule has 0 radical (unpaired) electrons. The molecule has 0 saturated carbocycles. The number of halogens is 1. The molecular formula is C31H37ClN3O4+. The van der Waals surface area contributed by atoms with Crippen LogP contribution in [0, 0.1) is 5.41 Å². The molecule has 2 fully saturated rings. The fourth-order valence-corrected chi connectivity index (χ4v) is 6.56. The number of carboxylic acids is 1. The van der Waals surface area contributed by atoms with Gasteiger partial charge in [0.15, 0.2) is 5.70 Å². The van der Waals surface area contributed by atoms with Crippen molar-refractivity contribution in [2.24, 2.45) is 5.41 Å². The van der Waals surface area contributed by atoms with Gasteiger partial charge in [0.2, 0.25) is 0 Å². The molecule has 1 aliphatic carbocycles. The van der Waals surface area contributed by atoms with E-state index in [4.69, 9.17) is 11.6 Å². The molecule has 3 atom stereocenters. The van der Waals surface area contributed by atoms with Gasteiger partial charge in [0.25, 0.3) is 0 Å². The summed E-state index contributed by atoms with van der Waals surface area (Å²) in [6.07, 6.45) is 3.07. The van der Waals surface area contributed by atoms with Gasteiger partial charge in [-0.05, 0) is 69.0 Å². The van der Waals surface area contributed by atoms with Gasteiger partial charge in [-0.15, -0.1) is 0 Å². The molecule has 3 aliphatic rings. The zero-order valence-corrected chi connectivity index (χ0v) is 23.8. The molecule has 39 heavy (non-hydrogen) atoms. The predicted octanol–water partition coefficient (Wildman–Crippen LogP) is 6.06. The van der Waals surface area contributed by atoms with Gasteiger partial charge < -0.3 is 15.1 Å². The first-order chi connectivity index (χ1) is 18.4. The maximum atomic E-state index is 13.1. The number of nitrogens with zero attached hydrogens (tertiary/aromatic N) is 3. The van der Waals surface area contributed by atoms with Gasteiger partial charge in [-0.3, -0.25) is 9.69 Å². The maximum Gasteiger partial charge on any atom is 0.519 e. The Morgan fingerprint density at radius 1 is 1.08 bits per heavy atom. The van der Waals surface area contributed by atoms with E-state index in [-0.39, 0.29) is 10.5 Å². The van der Waals surface area contributed by atoms with Gasteiger partial charge in [0.1, 0.15) is 12.1 Å². The largest absolute Gasteiger partial charge is 0.519 e. The Hall–Kier alpha value is -3.13. The van der Waals surface area contributed by atoms with Crippen LogP contribution in [-0.2, 0) is 11.3 Å². The number of quaternary nitrogens is 1. The van der Waals surface area contributed by atoms with Crippen molar-refractivity contribution in [1.82, 2.24) is 9.80 Å². The highest BCUT2D eigenvalue weighted by molar-refractivity contribution is 6.30. The zero-order valence-electron chi connectivity index (χ0n) is 23.0. The monoisotopic (exact) mass is 550 g/mol. The molecule has 2 aromatic rings. The predicted molar refractivity (Wildman–Crippen MR) is 152 cm³/mol. The Morgan fingerprint density at radius 3 is 2.41 bits per heavy atom. The maximum absolute atomic E-state index is 13.1. The second kappa shape index (κ2) is 9.81. The van der Waals surface area contributed by atoms with E-state index in [1.807, 2.05) is 57.2 Å². The van der Waals surface area contributed by atoms with Gasteiger partial charge in [-0.1, -0.05) is 54.1 Å². The lowest BCUT2D eigenvalue weighted by atomic mass is 9.78. The highest BCUT2D eigenvalue weighted by atomic mass is 35.5. The van der Waals surface area contributed by atoms with Gasteiger partial charge in [-0.25, -0.2) is 0 Å². The summed E-state index contributed by atoms with van der Waals surface area (Å²) >= 11 is 6.12. The number of fused-ring (bicyclic) bond motifs is 3. The van der Waals surface area contributed by atoms with Gasteiger partial charge >= 0.3 is 12.1 Å². The third kappa shape index (κ3) is 4.66. The van der Waals surface area contributed by atoms with Gasteiger partial charge in [0, 0.05) is 31.2 Å². The quantitative estimate of drug-likeness (QED) is 0.450. The van der Waals surface area contributed by atoms with Crippen molar-refractivity contribution in [1.29, 1.82) is 0 Å². The number of benzene rings is 2. The molecule has 0 bridgehead atoms. The minimum Gasteiger partial charge on any atom is -0.481 e. The molecule has 2 N–H and O–H groups in total. The molecule has 0 aromatic heterocycles. The van der Waals surface area contributed by atoms with E-state index in [9.17, 15) is 19.8 Å². The van der Waals surface area contributed by atoms with Crippen molar-refractivity contribution in [3.8, 4) is 11.1 Å². The number of piperazine rings is 2. The van der Waals surface area contributed by atoms with Crippen molar-refractivity contribution in [2.75, 3.05) is 26.2 Å². The minimum atomic E-state index is -1.14. The summed E-state index contributed by atoms with van der Waals surface area (Å²) in [5.41, 5.74) is 3.16. The lowest BCUT2D eigenvalue weighted by molar-refractivity contribution is -0.873. The molecule has 2 saturated heterocycles. The zero-order chi connectivity index (χ0) is 28.2. The van der Waals surface area contributed by atoms with Crippen LogP contribution in [0.2, 0.25) is 5.02 Å². The van der Waals surface area contributed by atoms with Crippen LogP contribution in [-0.4, -0.2) is 74.3 Å². The first-order valence-corrected chi connectivity index (χ1v) is 13.9. The second-order valence-corrected chi connectivity index (χ2v) is 12.7. The highest BCUT2D eigenvalue weighted by Crippen LogP contribution is 2.48. The van der Waals surface area contributed by atoms with Crippen LogP contribution in [0.1, 0.15) is 39.7 Å². The Balaban J connectivity index is 1.48. The van der Waals surface area contributed by atoms with Crippen LogP contribution in [0.25, 0.3) is 11.1 Å². The number of carbonyl (C=O) groups is 2. The third-order valence-corrected chi connectivity index (χ3v) is 8.99.